The van der Waals surface area contributed by atoms with Crippen LogP contribution in [0.4, 0.5) is 5.69 Å². The largest absolute Gasteiger partial charge is 0.489 e. The molecule has 1 N–H and O–H groups in total. The molecule has 0 spiro atoms. The van der Waals surface area contributed by atoms with Crippen LogP contribution in [0.25, 0.3) is 0 Å². The van der Waals surface area contributed by atoms with Crippen LogP contribution in [0.3, 0.4) is 0 Å². The molecule has 0 saturated heterocycles. The van der Waals surface area contributed by atoms with Crippen LogP contribution in [-0.4, -0.2) is 43.4 Å². The van der Waals surface area contributed by atoms with E-state index in [1.54, 1.807) is 13.1 Å². The fourth-order valence-corrected chi connectivity index (χ4v) is 3.71. The number of anilines is 1. The average Bonchev–Trinajstić information content (AvgIpc) is 2.81. The number of rotatable bonds is 12. The minimum Gasteiger partial charge on any atom is -0.489 e. The number of nitrogens with zero attached hydrogens (tertiary/aromatic N) is 3. The zero-order valence-electron chi connectivity index (χ0n) is 20.2. The maximum Gasteiger partial charge on any atom is 0.267 e. The molecule has 1 saturated carbocycles. The molecule has 0 radical (unpaired) electrons. The van der Waals surface area contributed by atoms with E-state index in [4.69, 9.17) is 4.74 Å². The third-order valence-corrected chi connectivity index (χ3v) is 5.88. The molecule has 2 aromatic rings. The zero-order valence-corrected chi connectivity index (χ0v) is 20.2. The van der Waals surface area contributed by atoms with Gasteiger partial charge in [-0.05, 0) is 43.9 Å². The summed E-state index contributed by atoms with van der Waals surface area (Å²) < 4.78 is 5.90. The van der Waals surface area contributed by atoms with Crippen molar-refractivity contribution < 1.29 is 14.3 Å². The molecule has 1 aliphatic rings. The van der Waals surface area contributed by atoms with Crippen molar-refractivity contribution in [3.05, 3.63) is 60.2 Å². The van der Waals surface area contributed by atoms with Gasteiger partial charge in [-0.2, -0.15) is 5.10 Å². The van der Waals surface area contributed by atoms with Crippen molar-refractivity contribution in [3.63, 3.8) is 0 Å². The number of hydrogen-bond donors (Lipinski definition) is 1. The Balaban J connectivity index is 1.62. The van der Waals surface area contributed by atoms with Gasteiger partial charge in [-0.25, -0.2) is 0 Å². The Morgan fingerprint density at radius 1 is 1.15 bits per heavy atom. The molecule has 2 aromatic carbocycles. The predicted octanol–water partition coefficient (Wildman–Crippen LogP) is 4.41. The molecular formula is C27H34N4O3. The highest BCUT2D eigenvalue weighted by Gasteiger charge is 2.24. The number of ether oxygens (including phenoxy) is 1. The third kappa shape index (κ3) is 7.54. The lowest BCUT2D eigenvalue weighted by molar-refractivity contribution is -0.115. The first-order chi connectivity index (χ1) is 16.5. The number of benzene rings is 2. The molecule has 0 aliphatic heterocycles. The van der Waals surface area contributed by atoms with Crippen LogP contribution in [0.5, 0.6) is 5.75 Å². The van der Waals surface area contributed by atoms with Gasteiger partial charge in [-0.1, -0.05) is 61.7 Å². The second-order valence-electron chi connectivity index (χ2n) is 8.91. The molecule has 7 heteroatoms. The average molecular weight is 463 g/mol. The van der Waals surface area contributed by atoms with E-state index in [0.29, 0.717) is 35.9 Å². The summed E-state index contributed by atoms with van der Waals surface area (Å²) in [5.74, 6) is 0.867. The van der Waals surface area contributed by atoms with Gasteiger partial charge in [0.25, 0.3) is 5.91 Å². The van der Waals surface area contributed by atoms with Crippen LogP contribution < -0.4 is 15.0 Å². The number of amides is 2. The maximum absolute atomic E-state index is 13.0. The number of hydrogen-bond acceptors (Lipinski definition) is 5. The molecule has 1 aliphatic carbocycles. The van der Waals surface area contributed by atoms with E-state index in [0.717, 1.165) is 30.5 Å². The number of carbonyl (C=O) groups excluding carboxylic acids is 2. The topological polar surface area (TPSA) is 83.4 Å². The summed E-state index contributed by atoms with van der Waals surface area (Å²) in [5, 5.41) is 11.7. The van der Waals surface area contributed by atoms with E-state index in [-0.39, 0.29) is 18.6 Å². The smallest absolute Gasteiger partial charge is 0.267 e. The standard InChI is InChI=1S/C27H34N4O3/c1-20(16-22-10-5-4-6-11-22)29-30-24(17-23-12-9-13-23)27(33)28-21(2)18-34-26-15-8-7-14-25(26)31(3)19-32/h4-8,10-11,14-15,19,21,23H,9,12-13,16-18H2,1-3H3,(H,28,33)/b29-20+,30-24+/t21-/m1/s1. The SMILES string of the molecule is C/C(Cc1ccccc1)=N\N=C(/CC1CCC1)C(=O)N[C@H](C)COc1ccccc1N(C)C=O. The Labute approximate surface area is 201 Å². The lowest BCUT2D eigenvalue weighted by atomic mass is 9.81. The van der Waals surface area contributed by atoms with Crippen LogP contribution in [0.15, 0.2) is 64.8 Å². The van der Waals surface area contributed by atoms with Crippen LogP contribution in [0, 0.1) is 5.92 Å². The summed E-state index contributed by atoms with van der Waals surface area (Å²) >= 11 is 0. The van der Waals surface area contributed by atoms with Crippen LogP contribution in [-0.2, 0) is 16.0 Å². The maximum atomic E-state index is 13.0. The molecule has 3 rings (SSSR count). The summed E-state index contributed by atoms with van der Waals surface area (Å²) in [7, 11) is 1.67. The lowest BCUT2D eigenvalue weighted by Crippen LogP contribution is -2.41. The molecule has 0 aromatic heterocycles. The van der Waals surface area contributed by atoms with Crippen LogP contribution in [0.2, 0.25) is 0 Å². The molecule has 180 valence electrons. The first kappa shape index (κ1) is 25.1. The van der Waals surface area contributed by atoms with E-state index < -0.39 is 0 Å². The Hall–Kier alpha value is -3.48. The third-order valence-electron chi connectivity index (χ3n) is 5.88. The van der Waals surface area contributed by atoms with E-state index in [9.17, 15) is 9.59 Å². The van der Waals surface area contributed by atoms with Gasteiger partial charge in [0.1, 0.15) is 18.1 Å². The highest BCUT2D eigenvalue weighted by Crippen LogP contribution is 2.30. The Kier molecular flexibility index (Phi) is 9.38. The van der Waals surface area contributed by atoms with Crippen LogP contribution in [0.1, 0.15) is 45.1 Å². The zero-order chi connectivity index (χ0) is 24.3. The molecule has 0 bridgehead atoms. The molecule has 7 nitrogen and oxygen atoms in total. The van der Waals surface area contributed by atoms with Crippen molar-refractivity contribution >= 4 is 29.4 Å². The second-order valence-corrected chi connectivity index (χ2v) is 8.91. The van der Waals surface area contributed by atoms with Crippen LogP contribution >= 0.6 is 0 Å². The molecule has 0 unspecified atom stereocenters. The van der Waals surface area contributed by atoms with Gasteiger partial charge in [-0.15, -0.1) is 5.10 Å². The van der Waals surface area contributed by atoms with Gasteiger partial charge in [-0.3, -0.25) is 9.59 Å². The van der Waals surface area contributed by atoms with Crippen molar-refractivity contribution in [1.29, 1.82) is 0 Å². The molecule has 1 fully saturated rings. The summed E-state index contributed by atoms with van der Waals surface area (Å²) in [4.78, 5) is 25.6. The van der Waals surface area contributed by atoms with Crippen molar-refractivity contribution in [2.24, 2.45) is 16.1 Å². The summed E-state index contributed by atoms with van der Waals surface area (Å²) in [5.41, 5.74) is 3.16. The molecular weight excluding hydrogens is 428 g/mol. The fraction of sp³-hybridized carbons (Fsp3) is 0.407. The Morgan fingerprint density at radius 2 is 1.85 bits per heavy atom. The number of nitrogens with one attached hydrogen (secondary N) is 1. The predicted molar refractivity (Wildman–Crippen MR) is 137 cm³/mol. The second kappa shape index (κ2) is 12.7. The Bertz CT molecular complexity index is 1020. The monoisotopic (exact) mass is 462 g/mol. The van der Waals surface area contributed by atoms with Gasteiger partial charge in [0.05, 0.1) is 11.7 Å². The van der Waals surface area contributed by atoms with Gasteiger partial charge in [0, 0.05) is 19.2 Å². The van der Waals surface area contributed by atoms with Gasteiger partial charge in [0.15, 0.2) is 0 Å². The number of carbonyl (C=O) groups is 2. The number of para-hydroxylation sites is 2. The van der Waals surface area contributed by atoms with Gasteiger partial charge in [0.2, 0.25) is 6.41 Å². The fourth-order valence-electron chi connectivity index (χ4n) is 3.71. The quantitative estimate of drug-likeness (QED) is 0.288. The van der Waals surface area contributed by atoms with E-state index in [2.05, 4.69) is 27.7 Å². The highest BCUT2D eigenvalue weighted by atomic mass is 16.5. The van der Waals surface area contributed by atoms with E-state index in [1.807, 2.05) is 50.2 Å². The molecule has 34 heavy (non-hydrogen) atoms. The van der Waals surface area contributed by atoms with Crippen molar-refractivity contribution in [3.8, 4) is 5.75 Å². The van der Waals surface area contributed by atoms with E-state index in [1.165, 1.54) is 11.3 Å². The van der Waals surface area contributed by atoms with Crippen molar-refractivity contribution in [2.45, 2.75) is 52.0 Å². The normalized spacial score (nSPS) is 15.3. The first-order valence-corrected chi connectivity index (χ1v) is 11.8. The van der Waals surface area contributed by atoms with Gasteiger partial charge < -0.3 is 15.0 Å². The first-order valence-electron chi connectivity index (χ1n) is 11.8. The lowest BCUT2D eigenvalue weighted by Gasteiger charge is -2.25. The Morgan fingerprint density at radius 3 is 2.53 bits per heavy atom. The van der Waals surface area contributed by atoms with Gasteiger partial charge >= 0.3 is 0 Å². The van der Waals surface area contributed by atoms with Crippen molar-refractivity contribution in [2.75, 3.05) is 18.6 Å². The molecule has 2 amide bonds. The summed E-state index contributed by atoms with van der Waals surface area (Å²) in [6.45, 7) is 4.08. The minimum atomic E-state index is -0.247. The van der Waals surface area contributed by atoms with E-state index >= 15 is 0 Å². The summed E-state index contributed by atoms with van der Waals surface area (Å²) in [6.07, 6.45) is 5.51. The summed E-state index contributed by atoms with van der Waals surface area (Å²) in [6, 6.07) is 17.2. The minimum absolute atomic E-state index is 0.211. The molecule has 0 heterocycles. The van der Waals surface area contributed by atoms with Crippen molar-refractivity contribution in [1.82, 2.24) is 5.32 Å². The molecule has 1 atom stereocenters. The highest BCUT2D eigenvalue weighted by molar-refractivity contribution is 6.39.